The Balaban J connectivity index is 1.96. The number of aliphatic hydroxyl groups excluding tert-OH is 1. The van der Waals surface area contributed by atoms with Crippen LogP contribution in [0.25, 0.3) is 0 Å². The van der Waals surface area contributed by atoms with Crippen LogP contribution in [0.4, 0.5) is 0 Å². The van der Waals surface area contributed by atoms with Gasteiger partial charge in [0, 0.05) is 24.2 Å². The van der Waals surface area contributed by atoms with Crippen LogP contribution in [-0.2, 0) is 16.0 Å². The van der Waals surface area contributed by atoms with Crippen molar-refractivity contribution in [3.05, 3.63) is 77.3 Å². The fraction of sp³-hybridized carbons (Fsp3) is 0.348. The molecule has 5 nitrogen and oxygen atoms in total. The van der Waals surface area contributed by atoms with Gasteiger partial charge >= 0.3 is 5.97 Å². The van der Waals surface area contributed by atoms with Crippen molar-refractivity contribution < 1.29 is 19.4 Å². The molecule has 0 radical (unpaired) electrons. The number of ether oxygens (including phenoxy) is 2. The summed E-state index contributed by atoms with van der Waals surface area (Å²) in [5.41, 5.74) is 1.93. The van der Waals surface area contributed by atoms with Crippen molar-refractivity contribution in [1.82, 2.24) is 4.90 Å². The molecule has 1 unspecified atom stereocenters. The van der Waals surface area contributed by atoms with Gasteiger partial charge in [-0.25, -0.2) is 4.79 Å². The minimum Gasteiger partial charge on any atom is -0.482 e. The van der Waals surface area contributed by atoms with Gasteiger partial charge in [-0.15, -0.1) is 6.58 Å². The van der Waals surface area contributed by atoms with Gasteiger partial charge in [0.1, 0.15) is 5.75 Å². The highest BCUT2D eigenvalue weighted by Gasteiger charge is 2.18. The molecule has 0 aromatic heterocycles. The summed E-state index contributed by atoms with van der Waals surface area (Å²) in [6, 6.07) is 15.1. The fourth-order valence-corrected chi connectivity index (χ4v) is 3.23. The minimum atomic E-state index is -0.634. The zero-order valence-electron chi connectivity index (χ0n) is 16.9. The number of hydrogen-bond donors (Lipinski definition) is 1. The largest absolute Gasteiger partial charge is 0.482 e. The molecule has 2 aromatic rings. The molecular weight excluding hydrogens is 390 g/mol. The van der Waals surface area contributed by atoms with Crippen LogP contribution in [0.1, 0.15) is 24.2 Å². The lowest BCUT2D eigenvalue weighted by molar-refractivity contribution is -0.142. The lowest BCUT2D eigenvalue weighted by Crippen LogP contribution is -2.38. The number of hydrogen-bond acceptors (Lipinski definition) is 5. The van der Waals surface area contributed by atoms with Crippen molar-refractivity contribution in [3.8, 4) is 5.75 Å². The summed E-state index contributed by atoms with van der Waals surface area (Å²) in [7, 11) is 1.33. The van der Waals surface area contributed by atoms with E-state index in [1.165, 1.54) is 7.11 Å². The van der Waals surface area contributed by atoms with Crippen LogP contribution < -0.4 is 4.74 Å². The minimum absolute atomic E-state index is 0.110. The van der Waals surface area contributed by atoms with Gasteiger partial charge in [-0.1, -0.05) is 41.9 Å². The van der Waals surface area contributed by atoms with Crippen LogP contribution in [0, 0.1) is 0 Å². The Kier molecular flexibility index (Phi) is 9.19. The normalized spacial score (nSPS) is 13.0. The van der Waals surface area contributed by atoms with E-state index in [0.717, 1.165) is 17.5 Å². The summed E-state index contributed by atoms with van der Waals surface area (Å²) in [5.74, 6) is 0.201. The maximum Gasteiger partial charge on any atom is 0.343 e. The summed E-state index contributed by atoms with van der Waals surface area (Å²) in [5, 5.41) is 11.2. The van der Waals surface area contributed by atoms with Crippen LogP contribution in [-0.4, -0.2) is 48.8 Å². The second kappa shape index (κ2) is 11.6. The van der Waals surface area contributed by atoms with Crippen LogP contribution in [0.3, 0.4) is 0 Å². The molecule has 6 heteroatoms. The summed E-state index contributed by atoms with van der Waals surface area (Å²) in [6.07, 6.45) is 2.00. The number of rotatable bonds is 11. The van der Waals surface area contributed by atoms with Crippen LogP contribution >= 0.6 is 11.6 Å². The third kappa shape index (κ3) is 7.54. The standard InChI is InChI=1S/C23H28ClNO4/c1-4-12-25(15-22(26)19-6-5-7-20(24)14-19)17(2)13-18-8-10-21(11-9-18)29-16-23(27)28-3/h4-11,14,17,22,26H,1,12-13,15-16H2,2-3H3/t17?,22-/m1/s1. The van der Waals surface area contributed by atoms with Crippen LogP contribution in [0.2, 0.25) is 5.02 Å². The van der Waals surface area contributed by atoms with Gasteiger partial charge in [0.25, 0.3) is 0 Å². The number of aliphatic hydroxyl groups is 1. The molecule has 156 valence electrons. The molecule has 0 fully saturated rings. The van der Waals surface area contributed by atoms with E-state index in [0.29, 0.717) is 23.9 Å². The number of nitrogens with zero attached hydrogens (tertiary/aromatic N) is 1. The molecule has 1 N–H and O–H groups in total. The average molecular weight is 418 g/mol. The zero-order chi connectivity index (χ0) is 21.2. The first kappa shape index (κ1) is 22.9. The van der Waals surface area contributed by atoms with Crippen molar-refractivity contribution in [2.24, 2.45) is 0 Å². The number of esters is 1. The highest BCUT2D eigenvalue weighted by molar-refractivity contribution is 6.30. The van der Waals surface area contributed by atoms with Gasteiger partial charge in [0.05, 0.1) is 13.2 Å². The predicted octanol–water partition coefficient (Wildman–Crippen LogP) is 4.04. The molecule has 29 heavy (non-hydrogen) atoms. The average Bonchev–Trinajstić information content (AvgIpc) is 2.72. The molecule has 0 heterocycles. The van der Waals surface area contributed by atoms with Crippen molar-refractivity contribution in [2.45, 2.75) is 25.5 Å². The van der Waals surface area contributed by atoms with Crippen LogP contribution in [0.15, 0.2) is 61.2 Å². The van der Waals surface area contributed by atoms with Gasteiger partial charge in [-0.3, -0.25) is 4.90 Å². The second-order valence-electron chi connectivity index (χ2n) is 6.88. The molecule has 0 aliphatic heterocycles. The first-order valence-electron chi connectivity index (χ1n) is 9.50. The smallest absolute Gasteiger partial charge is 0.343 e. The van der Waals surface area contributed by atoms with Gasteiger partial charge in [0.2, 0.25) is 0 Å². The number of carbonyl (C=O) groups excluding carboxylic acids is 1. The highest BCUT2D eigenvalue weighted by Crippen LogP contribution is 2.21. The summed E-state index contributed by atoms with van der Waals surface area (Å²) in [6.45, 7) is 6.99. The molecule has 2 aromatic carbocycles. The van der Waals surface area contributed by atoms with Crippen LogP contribution in [0.5, 0.6) is 5.75 Å². The summed E-state index contributed by atoms with van der Waals surface area (Å²) >= 11 is 6.04. The molecule has 2 rings (SSSR count). The van der Waals surface area contributed by atoms with Gasteiger partial charge in [-0.2, -0.15) is 0 Å². The van der Waals surface area contributed by atoms with E-state index in [9.17, 15) is 9.90 Å². The van der Waals surface area contributed by atoms with Crippen molar-refractivity contribution in [3.63, 3.8) is 0 Å². The number of halogens is 1. The van der Waals surface area contributed by atoms with Gasteiger partial charge in [0.15, 0.2) is 6.61 Å². The molecule has 0 aliphatic carbocycles. The predicted molar refractivity (Wildman–Crippen MR) is 115 cm³/mol. The zero-order valence-corrected chi connectivity index (χ0v) is 17.6. The lowest BCUT2D eigenvalue weighted by atomic mass is 10.0. The molecule has 0 amide bonds. The Morgan fingerprint density at radius 1 is 1.28 bits per heavy atom. The Labute approximate surface area is 177 Å². The second-order valence-corrected chi connectivity index (χ2v) is 7.31. The van der Waals surface area contributed by atoms with E-state index >= 15 is 0 Å². The SMILES string of the molecule is C=CCN(C[C@@H](O)c1cccc(Cl)c1)C(C)Cc1ccc(OCC(=O)OC)cc1. The number of methoxy groups -OCH3 is 1. The fourth-order valence-electron chi connectivity index (χ4n) is 3.03. The highest BCUT2D eigenvalue weighted by atomic mass is 35.5. The first-order valence-corrected chi connectivity index (χ1v) is 9.87. The third-order valence-electron chi connectivity index (χ3n) is 4.67. The quantitative estimate of drug-likeness (QED) is 0.441. The first-order chi connectivity index (χ1) is 13.9. The van der Waals surface area contributed by atoms with E-state index in [1.54, 1.807) is 12.1 Å². The molecule has 0 bridgehead atoms. The lowest BCUT2D eigenvalue weighted by Gasteiger charge is -2.30. The topological polar surface area (TPSA) is 59.0 Å². The molecule has 0 saturated heterocycles. The maximum absolute atomic E-state index is 11.2. The van der Waals surface area contributed by atoms with E-state index < -0.39 is 12.1 Å². The molecular formula is C23H28ClNO4. The molecule has 2 atom stereocenters. The van der Waals surface area contributed by atoms with Gasteiger partial charge < -0.3 is 14.6 Å². The molecule has 0 spiro atoms. The Morgan fingerprint density at radius 2 is 2.00 bits per heavy atom. The Morgan fingerprint density at radius 3 is 2.62 bits per heavy atom. The molecule has 0 saturated carbocycles. The summed E-state index contributed by atoms with van der Waals surface area (Å²) < 4.78 is 9.94. The Bertz CT molecular complexity index is 794. The van der Waals surface area contributed by atoms with E-state index in [2.05, 4.69) is 23.1 Å². The van der Waals surface area contributed by atoms with Crippen molar-refractivity contribution in [2.75, 3.05) is 26.8 Å². The molecule has 0 aliphatic rings. The van der Waals surface area contributed by atoms with E-state index in [1.807, 2.05) is 42.5 Å². The number of carbonyl (C=O) groups is 1. The van der Waals surface area contributed by atoms with Crippen molar-refractivity contribution >= 4 is 17.6 Å². The van der Waals surface area contributed by atoms with Crippen molar-refractivity contribution in [1.29, 1.82) is 0 Å². The van der Waals surface area contributed by atoms with Gasteiger partial charge in [-0.05, 0) is 48.7 Å². The maximum atomic E-state index is 11.2. The summed E-state index contributed by atoms with van der Waals surface area (Å²) in [4.78, 5) is 13.3. The third-order valence-corrected chi connectivity index (χ3v) is 4.90. The van der Waals surface area contributed by atoms with E-state index in [4.69, 9.17) is 16.3 Å². The number of benzene rings is 2. The Hall–Kier alpha value is -2.34. The van der Waals surface area contributed by atoms with E-state index in [-0.39, 0.29) is 12.6 Å². The monoisotopic (exact) mass is 417 g/mol.